The van der Waals surface area contributed by atoms with Crippen LogP contribution >= 0.6 is 23.2 Å². The van der Waals surface area contributed by atoms with E-state index < -0.39 is 18.5 Å². The summed E-state index contributed by atoms with van der Waals surface area (Å²) in [6, 6.07) is 12.6. The van der Waals surface area contributed by atoms with Gasteiger partial charge in [-0.1, -0.05) is 47.5 Å². The first-order valence-corrected chi connectivity index (χ1v) is 13.0. The van der Waals surface area contributed by atoms with Gasteiger partial charge in [0.2, 0.25) is 0 Å². The van der Waals surface area contributed by atoms with Crippen molar-refractivity contribution >= 4 is 52.5 Å². The molecular weight excluding hydrogens is 543 g/mol. The predicted octanol–water partition coefficient (Wildman–Crippen LogP) is 5.34. The van der Waals surface area contributed by atoms with E-state index in [4.69, 9.17) is 38.5 Å². The Hall–Kier alpha value is -3.95. The van der Waals surface area contributed by atoms with Crippen molar-refractivity contribution in [2.45, 2.75) is 25.7 Å². The molecule has 0 unspecified atom stereocenters. The lowest BCUT2D eigenvalue weighted by Gasteiger charge is -2.29. The van der Waals surface area contributed by atoms with Crippen LogP contribution in [0.3, 0.4) is 0 Å². The van der Waals surface area contributed by atoms with Crippen LogP contribution in [0, 0.1) is 5.41 Å². The second kappa shape index (κ2) is 12.7. The van der Waals surface area contributed by atoms with Crippen molar-refractivity contribution in [2.75, 3.05) is 25.0 Å². The highest BCUT2D eigenvalue weighted by Gasteiger charge is 2.22. The number of ether oxygens (including phenoxy) is 1. The molecule has 202 valence electrons. The number of piperidine rings is 1. The molecule has 39 heavy (non-hydrogen) atoms. The van der Waals surface area contributed by atoms with Gasteiger partial charge < -0.3 is 20.1 Å². The van der Waals surface area contributed by atoms with Gasteiger partial charge in [-0.15, -0.1) is 0 Å². The van der Waals surface area contributed by atoms with Crippen LogP contribution in [0.2, 0.25) is 10.0 Å². The SMILES string of the molecule is N=C(c1ccc(C(=O)Cc2c(OCC(=O)O)cc(Cl)cc2C(=O)Nc2ccc(Cl)cn2)cc1)N1CCCCC1. The molecule has 1 saturated heterocycles. The van der Waals surface area contributed by atoms with E-state index in [2.05, 4.69) is 10.3 Å². The second-order valence-corrected chi connectivity index (χ2v) is 9.87. The number of Topliss-reactive ketones (excluding diaryl/α,β-unsaturated/α-hetero) is 1. The first kappa shape index (κ1) is 28.1. The fourth-order valence-corrected chi connectivity index (χ4v) is 4.60. The van der Waals surface area contributed by atoms with Gasteiger partial charge in [0.15, 0.2) is 12.4 Å². The number of halogens is 2. The number of aromatic nitrogens is 1. The number of pyridine rings is 1. The number of benzene rings is 2. The molecule has 3 N–H and O–H groups in total. The normalized spacial score (nSPS) is 13.0. The minimum absolute atomic E-state index is 0.0101. The van der Waals surface area contributed by atoms with Gasteiger partial charge in [0.1, 0.15) is 17.4 Å². The minimum Gasteiger partial charge on any atom is -0.482 e. The Labute approximate surface area is 235 Å². The third-order valence-corrected chi connectivity index (χ3v) is 6.67. The Kier molecular flexibility index (Phi) is 9.16. The molecule has 2 aromatic carbocycles. The summed E-state index contributed by atoms with van der Waals surface area (Å²) < 4.78 is 5.41. The van der Waals surface area contributed by atoms with Crippen LogP contribution in [-0.4, -0.2) is 58.2 Å². The molecule has 0 aliphatic carbocycles. The summed E-state index contributed by atoms with van der Waals surface area (Å²) in [5.74, 6) is -1.51. The number of carboxylic acids is 1. The van der Waals surface area contributed by atoms with E-state index in [1.807, 2.05) is 4.90 Å². The molecule has 1 aliphatic rings. The molecule has 2 heterocycles. The summed E-state index contributed by atoms with van der Waals surface area (Å²) in [5, 5.41) is 20.8. The van der Waals surface area contributed by atoms with Crippen LogP contribution in [0.5, 0.6) is 5.75 Å². The van der Waals surface area contributed by atoms with Gasteiger partial charge in [-0.05, 0) is 43.5 Å². The topological polar surface area (TPSA) is 133 Å². The smallest absolute Gasteiger partial charge is 0.341 e. The maximum absolute atomic E-state index is 13.3. The molecule has 11 heteroatoms. The van der Waals surface area contributed by atoms with Crippen LogP contribution in [0.25, 0.3) is 0 Å². The zero-order valence-corrected chi connectivity index (χ0v) is 22.4. The van der Waals surface area contributed by atoms with E-state index in [1.54, 1.807) is 30.3 Å². The predicted molar refractivity (Wildman–Crippen MR) is 149 cm³/mol. The minimum atomic E-state index is -1.23. The quantitative estimate of drug-likeness (QED) is 0.180. The number of rotatable bonds is 9. The number of nitrogens with one attached hydrogen (secondary N) is 2. The van der Waals surface area contributed by atoms with Gasteiger partial charge in [-0.25, -0.2) is 9.78 Å². The van der Waals surface area contributed by atoms with Crippen molar-refractivity contribution < 1.29 is 24.2 Å². The monoisotopic (exact) mass is 568 g/mol. The lowest BCUT2D eigenvalue weighted by Crippen LogP contribution is -2.35. The number of carbonyl (C=O) groups excluding carboxylic acids is 2. The lowest BCUT2D eigenvalue weighted by atomic mass is 9.96. The number of aliphatic carboxylic acids is 1. The maximum Gasteiger partial charge on any atom is 0.341 e. The summed E-state index contributed by atoms with van der Waals surface area (Å²) in [6.07, 6.45) is 4.38. The number of likely N-dealkylation sites (tertiary alicyclic amines) is 1. The maximum atomic E-state index is 13.3. The number of hydrogen-bond acceptors (Lipinski definition) is 6. The average molecular weight is 569 g/mol. The van der Waals surface area contributed by atoms with E-state index in [-0.39, 0.29) is 39.9 Å². The highest BCUT2D eigenvalue weighted by molar-refractivity contribution is 6.31. The number of ketones is 1. The van der Waals surface area contributed by atoms with Crippen molar-refractivity contribution in [3.8, 4) is 5.75 Å². The summed E-state index contributed by atoms with van der Waals surface area (Å²) in [4.78, 5) is 43.7. The number of hydrogen-bond donors (Lipinski definition) is 3. The molecule has 1 aromatic heterocycles. The van der Waals surface area contributed by atoms with Gasteiger partial charge >= 0.3 is 5.97 Å². The molecule has 1 amide bonds. The Morgan fingerprint density at radius 1 is 0.974 bits per heavy atom. The Balaban J connectivity index is 1.60. The van der Waals surface area contributed by atoms with Crippen LogP contribution in [0.4, 0.5) is 5.82 Å². The molecule has 0 saturated carbocycles. The van der Waals surface area contributed by atoms with Crippen LogP contribution in [0.15, 0.2) is 54.7 Å². The summed E-state index contributed by atoms with van der Waals surface area (Å²) in [6.45, 7) is 0.992. The molecule has 0 radical (unpaired) electrons. The number of amides is 1. The standard InChI is InChI=1S/C28H26Cl2N4O5/c29-19-8-9-25(32-15-19)33-28(38)22-12-20(30)13-24(39-16-26(36)37)21(22)14-23(35)17-4-6-18(7-5-17)27(31)34-10-2-1-3-11-34/h4-9,12-13,15,31H,1-3,10-11,14,16H2,(H,36,37)(H,32,33,38). The molecule has 9 nitrogen and oxygen atoms in total. The van der Waals surface area contributed by atoms with Gasteiger partial charge in [-0.3, -0.25) is 15.0 Å². The van der Waals surface area contributed by atoms with Crippen molar-refractivity contribution in [1.82, 2.24) is 9.88 Å². The van der Waals surface area contributed by atoms with Gasteiger partial charge in [0, 0.05) is 53.0 Å². The molecule has 3 aromatic rings. The van der Waals surface area contributed by atoms with Crippen molar-refractivity contribution in [3.63, 3.8) is 0 Å². The molecular formula is C28H26Cl2N4O5. The zero-order valence-electron chi connectivity index (χ0n) is 20.9. The summed E-state index contributed by atoms with van der Waals surface area (Å²) in [5.41, 5.74) is 1.30. The fourth-order valence-electron chi connectivity index (χ4n) is 4.28. The number of nitrogens with zero attached hydrogens (tertiary/aromatic N) is 2. The largest absolute Gasteiger partial charge is 0.482 e. The van der Waals surface area contributed by atoms with E-state index >= 15 is 0 Å². The van der Waals surface area contributed by atoms with E-state index in [9.17, 15) is 14.4 Å². The number of carboxylic acid groups (broad SMARTS) is 1. The van der Waals surface area contributed by atoms with Gasteiger partial charge in [0.05, 0.1) is 5.02 Å². The number of amidine groups is 1. The Morgan fingerprint density at radius 2 is 1.67 bits per heavy atom. The number of anilines is 1. The third-order valence-electron chi connectivity index (χ3n) is 6.23. The average Bonchev–Trinajstić information content (AvgIpc) is 2.94. The van der Waals surface area contributed by atoms with E-state index in [1.165, 1.54) is 24.4 Å². The first-order valence-electron chi connectivity index (χ1n) is 12.3. The van der Waals surface area contributed by atoms with Crippen molar-refractivity contribution in [1.29, 1.82) is 5.41 Å². The van der Waals surface area contributed by atoms with Crippen LogP contribution < -0.4 is 10.1 Å². The highest BCUT2D eigenvalue weighted by Crippen LogP contribution is 2.30. The van der Waals surface area contributed by atoms with Gasteiger partial charge in [0.25, 0.3) is 5.91 Å². The third kappa shape index (κ3) is 7.34. The van der Waals surface area contributed by atoms with E-state index in [0.29, 0.717) is 22.0 Å². The Bertz CT molecular complexity index is 1390. The first-order chi connectivity index (χ1) is 18.7. The number of carbonyl (C=O) groups is 3. The van der Waals surface area contributed by atoms with Crippen LogP contribution in [0.1, 0.15) is 51.1 Å². The fraction of sp³-hybridized carbons (Fsp3) is 0.250. The summed E-state index contributed by atoms with van der Waals surface area (Å²) >= 11 is 12.1. The van der Waals surface area contributed by atoms with Crippen molar-refractivity contribution in [3.05, 3.63) is 87.0 Å². The molecule has 0 spiro atoms. The zero-order chi connectivity index (χ0) is 27.9. The molecule has 0 atom stereocenters. The van der Waals surface area contributed by atoms with Gasteiger partial charge in [-0.2, -0.15) is 0 Å². The summed E-state index contributed by atoms with van der Waals surface area (Å²) in [7, 11) is 0. The Morgan fingerprint density at radius 3 is 2.31 bits per heavy atom. The van der Waals surface area contributed by atoms with Crippen molar-refractivity contribution in [2.24, 2.45) is 0 Å². The van der Waals surface area contributed by atoms with Crippen LogP contribution in [-0.2, 0) is 11.2 Å². The molecule has 1 aliphatic heterocycles. The molecule has 4 rings (SSSR count). The molecule has 0 bridgehead atoms. The van der Waals surface area contributed by atoms with E-state index in [0.717, 1.165) is 32.4 Å². The molecule has 1 fully saturated rings. The highest BCUT2D eigenvalue weighted by atomic mass is 35.5. The second-order valence-electron chi connectivity index (χ2n) is 9.00. The lowest BCUT2D eigenvalue weighted by molar-refractivity contribution is -0.139.